The molecular weight excluding hydrogens is 250 g/mol. The largest absolute Gasteiger partial charge is 0.467 e. The summed E-state index contributed by atoms with van der Waals surface area (Å²) in [4.78, 5) is 11.7. The van der Waals surface area contributed by atoms with Crippen LogP contribution >= 0.6 is 0 Å². The van der Waals surface area contributed by atoms with Gasteiger partial charge < -0.3 is 9.73 Å². The molecule has 2 rings (SSSR count). The third-order valence-corrected chi connectivity index (χ3v) is 3.33. The molecule has 0 saturated carbocycles. The van der Waals surface area contributed by atoms with Crippen LogP contribution in [0.5, 0.6) is 0 Å². The number of benzene rings is 1. The molecule has 0 radical (unpaired) electrons. The second-order valence-electron chi connectivity index (χ2n) is 5.25. The van der Waals surface area contributed by atoms with Crippen molar-refractivity contribution in [2.24, 2.45) is 0 Å². The molecule has 1 amide bonds. The molecule has 1 aromatic heterocycles. The molecule has 0 spiro atoms. The maximum Gasteiger partial charge on any atom is 0.220 e. The first kappa shape index (κ1) is 14.4. The van der Waals surface area contributed by atoms with E-state index in [1.807, 2.05) is 12.1 Å². The Morgan fingerprint density at radius 1 is 1.20 bits per heavy atom. The van der Waals surface area contributed by atoms with Crippen LogP contribution in [0.25, 0.3) is 0 Å². The van der Waals surface area contributed by atoms with E-state index in [0.29, 0.717) is 18.9 Å². The van der Waals surface area contributed by atoms with E-state index in [2.05, 4.69) is 43.4 Å². The van der Waals surface area contributed by atoms with Crippen molar-refractivity contribution in [3.8, 4) is 0 Å². The van der Waals surface area contributed by atoms with Crippen LogP contribution in [0, 0.1) is 0 Å². The van der Waals surface area contributed by atoms with Gasteiger partial charge in [0.05, 0.1) is 12.8 Å². The van der Waals surface area contributed by atoms with Gasteiger partial charge in [0, 0.05) is 6.42 Å². The van der Waals surface area contributed by atoms with Gasteiger partial charge in [-0.05, 0) is 35.6 Å². The van der Waals surface area contributed by atoms with Gasteiger partial charge in [-0.1, -0.05) is 38.1 Å². The Hall–Kier alpha value is -2.03. The first-order chi connectivity index (χ1) is 9.65. The molecule has 3 nitrogen and oxygen atoms in total. The highest BCUT2D eigenvalue weighted by molar-refractivity contribution is 5.76. The predicted octanol–water partition coefficient (Wildman–Crippen LogP) is 3.65. The standard InChI is InChI=1S/C17H21NO2/c1-13(2)15-8-5-14(6-9-15)7-10-17(19)18-12-16-4-3-11-20-16/h3-6,8-9,11,13H,7,10,12H2,1-2H3,(H,18,19). The monoisotopic (exact) mass is 271 g/mol. The number of amides is 1. The highest BCUT2D eigenvalue weighted by atomic mass is 16.3. The molecule has 0 aliphatic heterocycles. The van der Waals surface area contributed by atoms with Gasteiger partial charge in [-0.3, -0.25) is 4.79 Å². The first-order valence-electron chi connectivity index (χ1n) is 7.03. The fourth-order valence-electron chi connectivity index (χ4n) is 2.01. The minimum Gasteiger partial charge on any atom is -0.467 e. The molecule has 0 bridgehead atoms. The van der Waals surface area contributed by atoms with Gasteiger partial charge in [0.1, 0.15) is 5.76 Å². The molecule has 1 N–H and O–H groups in total. The average Bonchev–Trinajstić information content (AvgIpc) is 2.96. The molecule has 1 aromatic carbocycles. The number of hydrogen-bond acceptors (Lipinski definition) is 2. The minimum absolute atomic E-state index is 0.0503. The fourth-order valence-corrected chi connectivity index (χ4v) is 2.01. The van der Waals surface area contributed by atoms with Gasteiger partial charge in [0.15, 0.2) is 0 Å². The lowest BCUT2D eigenvalue weighted by Crippen LogP contribution is -2.22. The van der Waals surface area contributed by atoms with Gasteiger partial charge in [-0.25, -0.2) is 0 Å². The highest BCUT2D eigenvalue weighted by Crippen LogP contribution is 2.15. The van der Waals surface area contributed by atoms with Crippen molar-refractivity contribution >= 4 is 5.91 Å². The third-order valence-electron chi connectivity index (χ3n) is 3.33. The van der Waals surface area contributed by atoms with Crippen molar-refractivity contribution in [2.45, 2.75) is 39.2 Å². The molecule has 0 aliphatic rings. The zero-order valence-electron chi connectivity index (χ0n) is 12.1. The number of rotatable bonds is 6. The van der Waals surface area contributed by atoms with Crippen molar-refractivity contribution in [3.63, 3.8) is 0 Å². The summed E-state index contributed by atoms with van der Waals surface area (Å²) in [5, 5.41) is 2.85. The molecule has 20 heavy (non-hydrogen) atoms. The smallest absolute Gasteiger partial charge is 0.220 e. The van der Waals surface area contributed by atoms with Crippen molar-refractivity contribution in [3.05, 3.63) is 59.5 Å². The van der Waals surface area contributed by atoms with E-state index in [4.69, 9.17) is 4.42 Å². The van der Waals surface area contributed by atoms with Gasteiger partial charge in [0.25, 0.3) is 0 Å². The van der Waals surface area contributed by atoms with Crippen LogP contribution in [0.3, 0.4) is 0 Å². The Bertz CT molecular complexity index is 527. The molecule has 3 heteroatoms. The Morgan fingerprint density at radius 3 is 2.55 bits per heavy atom. The first-order valence-corrected chi connectivity index (χ1v) is 7.03. The van der Waals surface area contributed by atoms with Crippen molar-refractivity contribution in [1.82, 2.24) is 5.32 Å². The molecule has 0 saturated heterocycles. The van der Waals surface area contributed by atoms with Crippen LogP contribution in [0.15, 0.2) is 47.1 Å². The average molecular weight is 271 g/mol. The summed E-state index contributed by atoms with van der Waals surface area (Å²) in [6.45, 7) is 4.81. The molecular formula is C17H21NO2. The van der Waals surface area contributed by atoms with Crippen LogP contribution in [0.1, 0.15) is 43.1 Å². The van der Waals surface area contributed by atoms with Crippen LogP contribution in [0.2, 0.25) is 0 Å². The summed E-state index contributed by atoms with van der Waals surface area (Å²) in [5.41, 5.74) is 2.53. The summed E-state index contributed by atoms with van der Waals surface area (Å²) in [5.74, 6) is 1.37. The topological polar surface area (TPSA) is 42.2 Å². The molecule has 106 valence electrons. The summed E-state index contributed by atoms with van der Waals surface area (Å²) in [7, 11) is 0. The van der Waals surface area contributed by atoms with Crippen LogP contribution in [0.4, 0.5) is 0 Å². The Balaban J connectivity index is 1.75. The number of aryl methyl sites for hydroxylation is 1. The number of hydrogen-bond donors (Lipinski definition) is 1. The fraction of sp³-hybridized carbons (Fsp3) is 0.353. The second-order valence-corrected chi connectivity index (χ2v) is 5.25. The van der Waals surface area contributed by atoms with Gasteiger partial charge >= 0.3 is 0 Å². The third kappa shape index (κ3) is 4.26. The Kier molecular flexibility index (Phi) is 4.99. The van der Waals surface area contributed by atoms with Crippen LogP contribution in [-0.4, -0.2) is 5.91 Å². The van der Waals surface area contributed by atoms with E-state index in [-0.39, 0.29) is 5.91 Å². The molecule has 0 unspecified atom stereocenters. The SMILES string of the molecule is CC(C)c1ccc(CCC(=O)NCc2ccco2)cc1. The minimum atomic E-state index is 0.0503. The van der Waals surface area contributed by atoms with Gasteiger partial charge in [-0.2, -0.15) is 0 Å². The highest BCUT2D eigenvalue weighted by Gasteiger charge is 2.04. The predicted molar refractivity (Wildman–Crippen MR) is 79.4 cm³/mol. The summed E-state index contributed by atoms with van der Waals surface area (Å²) >= 11 is 0. The van der Waals surface area contributed by atoms with Gasteiger partial charge in [0.2, 0.25) is 5.91 Å². The summed E-state index contributed by atoms with van der Waals surface area (Å²) in [6, 6.07) is 12.2. The maximum atomic E-state index is 11.7. The maximum absolute atomic E-state index is 11.7. The molecule has 0 aliphatic carbocycles. The molecule has 1 heterocycles. The Morgan fingerprint density at radius 2 is 1.95 bits per heavy atom. The quantitative estimate of drug-likeness (QED) is 0.871. The Labute approximate surface area is 120 Å². The second kappa shape index (κ2) is 6.94. The van der Waals surface area contributed by atoms with E-state index < -0.39 is 0 Å². The van der Waals surface area contributed by atoms with Crippen LogP contribution in [-0.2, 0) is 17.8 Å². The summed E-state index contributed by atoms with van der Waals surface area (Å²) < 4.78 is 5.17. The number of carbonyl (C=O) groups excluding carboxylic acids is 1. The summed E-state index contributed by atoms with van der Waals surface area (Å²) in [6.07, 6.45) is 2.88. The molecule has 2 aromatic rings. The zero-order valence-corrected chi connectivity index (χ0v) is 12.1. The van der Waals surface area contributed by atoms with E-state index in [9.17, 15) is 4.79 Å². The van der Waals surface area contributed by atoms with Crippen molar-refractivity contribution in [1.29, 1.82) is 0 Å². The molecule has 0 atom stereocenters. The van der Waals surface area contributed by atoms with Gasteiger partial charge in [-0.15, -0.1) is 0 Å². The normalized spacial score (nSPS) is 10.8. The van der Waals surface area contributed by atoms with E-state index in [1.165, 1.54) is 11.1 Å². The number of furan rings is 1. The molecule has 0 fully saturated rings. The van der Waals surface area contributed by atoms with E-state index in [0.717, 1.165) is 12.2 Å². The lowest BCUT2D eigenvalue weighted by atomic mass is 10.0. The lowest BCUT2D eigenvalue weighted by molar-refractivity contribution is -0.121. The number of carbonyl (C=O) groups is 1. The van der Waals surface area contributed by atoms with Crippen molar-refractivity contribution < 1.29 is 9.21 Å². The van der Waals surface area contributed by atoms with E-state index in [1.54, 1.807) is 6.26 Å². The van der Waals surface area contributed by atoms with E-state index >= 15 is 0 Å². The number of nitrogens with one attached hydrogen (secondary N) is 1. The van der Waals surface area contributed by atoms with Crippen LogP contribution < -0.4 is 5.32 Å². The lowest BCUT2D eigenvalue weighted by Gasteiger charge is -2.07. The van der Waals surface area contributed by atoms with Crippen molar-refractivity contribution in [2.75, 3.05) is 0 Å². The zero-order chi connectivity index (χ0) is 14.4.